The van der Waals surface area contributed by atoms with E-state index in [0.29, 0.717) is 0 Å². The Balaban J connectivity index is 2.14. The summed E-state index contributed by atoms with van der Waals surface area (Å²) < 4.78 is 5.75. The SMILES string of the molecule is CNCCCc1ccc2c(c1)OC(C)(C)C(=O)N2. The minimum atomic E-state index is -0.795. The van der Waals surface area contributed by atoms with Crippen LogP contribution in [0.2, 0.25) is 0 Å². The number of hydrogen-bond acceptors (Lipinski definition) is 3. The molecule has 0 saturated heterocycles. The van der Waals surface area contributed by atoms with Crippen LogP contribution in [0.1, 0.15) is 25.8 Å². The van der Waals surface area contributed by atoms with Crippen LogP contribution in [-0.4, -0.2) is 25.1 Å². The zero-order chi connectivity index (χ0) is 13.2. The lowest BCUT2D eigenvalue weighted by atomic mass is 10.0. The number of anilines is 1. The summed E-state index contributed by atoms with van der Waals surface area (Å²) in [4.78, 5) is 11.7. The predicted octanol–water partition coefficient (Wildman–Crippen LogP) is 1.95. The molecule has 1 amide bonds. The number of amides is 1. The predicted molar refractivity (Wildman–Crippen MR) is 72.0 cm³/mol. The Labute approximate surface area is 108 Å². The van der Waals surface area contributed by atoms with Crippen molar-refractivity contribution in [2.45, 2.75) is 32.3 Å². The molecule has 0 aliphatic carbocycles. The summed E-state index contributed by atoms with van der Waals surface area (Å²) in [5.41, 5.74) is 1.20. The Morgan fingerprint density at radius 1 is 1.39 bits per heavy atom. The highest BCUT2D eigenvalue weighted by Gasteiger charge is 2.35. The maximum Gasteiger partial charge on any atom is 0.268 e. The molecule has 1 aliphatic heterocycles. The van der Waals surface area contributed by atoms with Crippen LogP contribution >= 0.6 is 0 Å². The van der Waals surface area contributed by atoms with Crippen LogP contribution in [0.4, 0.5) is 5.69 Å². The summed E-state index contributed by atoms with van der Waals surface area (Å²) in [6.07, 6.45) is 2.09. The van der Waals surface area contributed by atoms with E-state index in [1.54, 1.807) is 13.8 Å². The van der Waals surface area contributed by atoms with E-state index in [2.05, 4.69) is 10.6 Å². The average Bonchev–Trinajstić information content (AvgIpc) is 2.31. The molecule has 0 fully saturated rings. The second kappa shape index (κ2) is 4.98. The molecular formula is C14H20N2O2. The van der Waals surface area contributed by atoms with Crippen molar-refractivity contribution >= 4 is 11.6 Å². The number of fused-ring (bicyclic) bond motifs is 1. The Hall–Kier alpha value is -1.55. The van der Waals surface area contributed by atoms with E-state index in [1.165, 1.54) is 5.56 Å². The molecule has 4 heteroatoms. The van der Waals surface area contributed by atoms with Gasteiger partial charge < -0.3 is 15.4 Å². The number of hydrogen-bond donors (Lipinski definition) is 2. The molecule has 2 rings (SSSR count). The Bertz CT molecular complexity index is 455. The normalized spacial score (nSPS) is 16.7. The summed E-state index contributed by atoms with van der Waals surface area (Å²) in [5.74, 6) is 0.666. The van der Waals surface area contributed by atoms with Gasteiger partial charge in [-0.25, -0.2) is 0 Å². The highest BCUT2D eigenvalue weighted by atomic mass is 16.5. The van der Waals surface area contributed by atoms with Crippen molar-refractivity contribution in [2.75, 3.05) is 18.9 Å². The lowest BCUT2D eigenvalue weighted by Crippen LogP contribution is -2.45. The molecule has 0 saturated carbocycles. The highest BCUT2D eigenvalue weighted by Crippen LogP contribution is 2.34. The van der Waals surface area contributed by atoms with E-state index < -0.39 is 5.60 Å². The van der Waals surface area contributed by atoms with Gasteiger partial charge in [-0.1, -0.05) is 6.07 Å². The van der Waals surface area contributed by atoms with Crippen molar-refractivity contribution in [1.29, 1.82) is 0 Å². The third-order valence-electron chi connectivity index (χ3n) is 3.10. The van der Waals surface area contributed by atoms with Crippen LogP contribution in [0.25, 0.3) is 0 Å². The molecule has 1 heterocycles. The number of ether oxygens (including phenoxy) is 1. The number of carbonyl (C=O) groups is 1. The van der Waals surface area contributed by atoms with Gasteiger partial charge in [-0.3, -0.25) is 4.79 Å². The monoisotopic (exact) mass is 248 g/mol. The van der Waals surface area contributed by atoms with Crippen molar-refractivity contribution in [3.8, 4) is 5.75 Å². The molecule has 18 heavy (non-hydrogen) atoms. The second-order valence-corrected chi connectivity index (χ2v) is 5.10. The summed E-state index contributed by atoms with van der Waals surface area (Å²) in [5, 5.41) is 6.00. The minimum absolute atomic E-state index is 0.0991. The number of benzene rings is 1. The molecule has 1 aliphatic rings. The van der Waals surface area contributed by atoms with Gasteiger partial charge in [-0.05, 0) is 58.0 Å². The first kappa shape index (κ1) is 12.9. The van der Waals surface area contributed by atoms with E-state index in [-0.39, 0.29) is 5.91 Å². The fraction of sp³-hybridized carbons (Fsp3) is 0.500. The smallest absolute Gasteiger partial charge is 0.268 e. The molecule has 1 aromatic rings. The topological polar surface area (TPSA) is 50.4 Å². The van der Waals surface area contributed by atoms with Gasteiger partial charge in [-0.15, -0.1) is 0 Å². The largest absolute Gasteiger partial charge is 0.476 e. The van der Waals surface area contributed by atoms with Crippen molar-refractivity contribution in [1.82, 2.24) is 5.32 Å². The maximum absolute atomic E-state index is 11.7. The standard InChI is InChI=1S/C14H20N2O2/c1-14(2)13(17)16-11-7-6-10(5-4-8-15-3)9-12(11)18-14/h6-7,9,15H,4-5,8H2,1-3H3,(H,16,17). The van der Waals surface area contributed by atoms with Gasteiger partial charge in [0.15, 0.2) is 5.60 Å². The van der Waals surface area contributed by atoms with E-state index in [1.807, 2.05) is 25.2 Å². The molecule has 1 aromatic carbocycles. The Kier molecular flexibility index (Phi) is 3.57. The third kappa shape index (κ3) is 2.64. The Morgan fingerprint density at radius 3 is 2.89 bits per heavy atom. The maximum atomic E-state index is 11.7. The molecule has 0 bridgehead atoms. The molecule has 0 atom stereocenters. The minimum Gasteiger partial charge on any atom is -0.476 e. The third-order valence-corrected chi connectivity index (χ3v) is 3.10. The van der Waals surface area contributed by atoms with Gasteiger partial charge in [0.25, 0.3) is 5.91 Å². The molecular weight excluding hydrogens is 228 g/mol. The van der Waals surface area contributed by atoms with Crippen molar-refractivity contribution in [3.63, 3.8) is 0 Å². The van der Waals surface area contributed by atoms with Gasteiger partial charge >= 0.3 is 0 Å². The molecule has 0 radical (unpaired) electrons. The molecule has 4 nitrogen and oxygen atoms in total. The van der Waals surface area contributed by atoms with Crippen LogP contribution in [-0.2, 0) is 11.2 Å². The molecule has 0 aromatic heterocycles. The number of aryl methyl sites for hydroxylation is 1. The first-order chi connectivity index (χ1) is 8.53. The number of carbonyl (C=O) groups excluding carboxylic acids is 1. The average molecular weight is 248 g/mol. The lowest BCUT2D eigenvalue weighted by molar-refractivity contribution is -0.129. The molecule has 0 unspecified atom stereocenters. The van der Waals surface area contributed by atoms with E-state index in [9.17, 15) is 4.79 Å². The quantitative estimate of drug-likeness (QED) is 0.801. The summed E-state index contributed by atoms with van der Waals surface area (Å²) in [6, 6.07) is 5.97. The summed E-state index contributed by atoms with van der Waals surface area (Å²) in [6.45, 7) is 4.55. The van der Waals surface area contributed by atoms with Gasteiger partial charge in [0, 0.05) is 0 Å². The summed E-state index contributed by atoms with van der Waals surface area (Å²) >= 11 is 0. The fourth-order valence-electron chi connectivity index (χ4n) is 1.97. The Morgan fingerprint density at radius 2 is 2.17 bits per heavy atom. The fourth-order valence-corrected chi connectivity index (χ4v) is 1.97. The molecule has 2 N–H and O–H groups in total. The van der Waals surface area contributed by atoms with Crippen molar-refractivity contribution in [2.24, 2.45) is 0 Å². The molecule has 98 valence electrons. The van der Waals surface area contributed by atoms with E-state index in [4.69, 9.17) is 4.74 Å². The van der Waals surface area contributed by atoms with Crippen LogP contribution in [0, 0.1) is 0 Å². The first-order valence-corrected chi connectivity index (χ1v) is 6.31. The number of rotatable bonds is 4. The van der Waals surface area contributed by atoms with E-state index in [0.717, 1.165) is 30.8 Å². The van der Waals surface area contributed by atoms with Gasteiger partial charge in [0.05, 0.1) is 5.69 Å². The highest BCUT2D eigenvalue weighted by molar-refractivity contribution is 6.00. The van der Waals surface area contributed by atoms with Crippen LogP contribution in [0.5, 0.6) is 5.75 Å². The second-order valence-electron chi connectivity index (χ2n) is 5.10. The summed E-state index contributed by atoms with van der Waals surface area (Å²) in [7, 11) is 1.95. The van der Waals surface area contributed by atoms with E-state index >= 15 is 0 Å². The van der Waals surface area contributed by atoms with Gasteiger partial charge in [-0.2, -0.15) is 0 Å². The molecule has 0 spiro atoms. The number of nitrogens with one attached hydrogen (secondary N) is 2. The zero-order valence-electron chi connectivity index (χ0n) is 11.2. The van der Waals surface area contributed by atoms with Crippen LogP contribution in [0.3, 0.4) is 0 Å². The lowest BCUT2D eigenvalue weighted by Gasteiger charge is -2.31. The van der Waals surface area contributed by atoms with Crippen LogP contribution in [0.15, 0.2) is 18.2 Å². The van der Waals surface area contributed by atoms with Crippen LogP contribution < -0.4 is 15.4 Å². The van der Waals surface area contributed by atoms with Gasteiger partial charge in [0.1, 0.15) is 5.75 Å². The van der Waals surface area contributed by atoms with Crippen molar-refractivity contribution < 1.29 is 9.53 Å². The van der Waals surface area contributed by atoms with Crippen molar-refractivity contribution in [3.05, 3.63) is 23.8 Å². The van der Waals surface area contributed by atoms with Gasteiger partial charge in [0.2, 0.25) is 0 Å². The first-order valence-electron chi connectivity index (χ1n) is 6.31. The zero-order valence-corrected chi connectivity index (χ0v) is 11.2.